The van der Waals surface area contributed by atoms with Gasteiger partial charge in [-0.15, -0.1) is 0 Å². The molecule has 1 fully saturated rings. The van der Waals surface area contributed by atoms with E-state index in [4.69, 9.17) is 5.26 Å². The van der Waals surface area contributed by atoms with Crippen molar-refractivity contribution < 1.29 is 8.42 Å². The van der Waals surface area contributed by atoms with Gasteiger partial charge in [-0.2, -0.15) is 23.1 Å². The first kappa shape index (κ1) is 12.9. The summed E-state index contributed by atoms with van der Waals surface area (Å²) in [7, 11) is -2.00. The molecule has 0 atom stereocenters. The Bertz CT molecular complexity index is 566. The Morgan fingerprint density at radius 1 is 1.39 bits per heavy atom. The van der Waals surface area contributed by atoms with Crippen molar-refractivity contribution in [1.82, 2.24) is 14.1 Å². The summed E-state index contributed by atoms with van der Waals surface area (Å²) in [6.07, 6.45) is 4.14. The molecule has 0 aromatic carbocycles. The van der Waals surface area contributed by atoms with Gasteiger partial charge in [-0.1, -0.05) is 6.42 Å². The van der Waals surface area contributed by atoms with Crippen molar-refractivity contribution >= 4 is 16.0 Å². The third-order valence-electron chi connectivity index (χ3n) is 2.94. The van der Waals surface area contributed by atoms with E-state index in [1.807, 2.05) is 6.07 Å². The third kappa shape index (κ3) is 2.47. The van der Waals surface area contributed by atoms with Crippen molar-refractivity contribution in [2.45, 2.75) is 19.3 Å². The van der Waals surface area contributed by atoms with Crippen LogP contribution in [-0.2, 0) is 17.3 Å². The number of hydrogen-bond donors (Lipinski definition) is 1. The van der Waals surface area contributed by atoms with Gasteiger partial charge in [-0.05, 0) is 12.8 Å². The molecular weight excluding hydrogens is 254 g/mol. The van der Waals surface area contributed by atoms with Crippen molar-refractivity contribution in [2.75, 3.05) is 17.8 Å². The maximum Gasteiger partial charge on any atom is 0.302 e. The Balaban J connectivity index is 2.22. The van der Waals surface area contributed by atoms with E-state index in [0.717, 1.165) is 19.3 Å². The minimum absolute atomic E-state index is 0.211. The number of nitriles is 1. The molecule has 1 aliphatic heterocycles. The van der Waals surface area contributed by atoms with E-state index in [1.165, 1.54) is 15.2 Å². The predicted octanol–water partition coefficient (Wildman–Crippen LogP) is 0.434. The SMILES string of the molecule is Cn1ncc(C#N)c1NS(=O)(=O)N1CCCCC1. The molecule has 1 aromatic rings. The third-order valence-corrected chi connectivity index (χ3v) is 4.44. The van der Waals surface area contributed by atoms with Crippen molar-refractivity contribution in [1.29, 1.82) is 5.26 Å². The van der Waals surface area contributed by atoms with Crippen molar-refractivity contribution in [2.24, 2.45) is 7.05 Å². The maximum atomic E-state index is 12.1. The Morgan fingerprint density at radius 2 is 2.06 bits per heavy atom. The molecular formula is C10H15N5O2S. The zero-order valence-electron chi connectivity index (χ0n) is 10.1. The molecule has 0 amide bonds. The normalized spacial score (nSPS) is 17.3. The van der Waals surface area contributed by atoms with Crippen LogP contribution in [0.3, 0.4) is 0 Å². The Kier molecular flexibility index (Phi) is 3.54. The lowest BCUT2D eigenvalue weighted by molar-refractivity contribution is 0.349. The van der Waals surface area contributed by atoms with Crippen LogP contribution in [0, 0.1) is 11.3 Å². The van der Waals surface area contributed by atoms with Gasteiger partial charge in [0.25, 0.3) is 0 Å². The summed E-state index contributed by atoms with van der Waals surface area (Å²) in [4.78, 5) is 0. The highest BCUT2D eigenvalue weighted by Gasteiger charge is 2.25. The number of anilines is 1. The summed E-state index contributed by atoms with van der Waals surface area (Å²) < 4.78 is 29.5. The highest BCUT2D eigenvalue weighted by molar-refractivity contribution is 7.90. The average molecular weight is 269 g/mol. The second-order valence-electron chi connectivity index (χ2n) is 4.21. The van der Waals surface area contributed by atoms with Gasteiger partial charge >= 0.3 is 10.2 Å². The minimum Gasteiger partial charge on any atom is -0.254 e. The molecule has 0 unspecified atom stereocenters. The summed E-state index contributed by atoms with van der Waals surface area (Å²) in [6, 6.07) is 1.91. The molecule has 1 saturated heterocycles. The van der Waals surface area contributed by atoms with Crippen LogP contribution < -0.4 is 4.72 Å². The Morgan fingerprint density at radius 3 is 2.67 bits per heavy atom. The van der Waals surface area contributed by atoms with Gasteiger partial charge in [0.15, 0.2) is 5.82 Å². The van der Waals surface area contributed by atoms with Gasteiger partial charge in [-0.25, -0.2) is 0 Å². The fourth-order valence-corrected chi connectivity index (χ4v) is 3.29. The van der Waals surface area contributed by atoms with Gasteiger partial charge in [0, 0.05) is 20.1 Å². The van der Waals surface area contributed by atoms with Crippen LogP contribution in [0.5, 0.6) is 0 Å². The number of aryl methyl sites for hydroxylation is 1. The zero-order chi connectivity index (χ0) is 13.2. The van der Waals surface area contributed by atoms with E-state index in [1.54, 1.807) is 7.05 Å². The van der Waals surface area contributed by atoms with Crippen LogP contribution in [0.1, 0.15) is 24.8 Å². The summed E-state index contributed by atoms with van der Waals surface area (Å²) in [5.74, 6) is 0.211. The molecule has 1 aromatic heterocycles. The zero-order valence-corrected chi connectivity index (χ0v) is 10.9. The van der Waals surface area contributed by atoms with E-state index in [9.17, 15) is 8.42 Å². The quantitative estimate of drug-likeness (QED) is 0.861. The van der Waals surface area contributed by atoms with Crippen LogP contribution in [0.15, 0.2) is 6.20 Å². The number of nitrogens with one attached hydrogen (secondary N) is 1. The maximum absolute atomic E-state index is 12.1. The topological polar surface area (TPSA) is 91.0 Å². The van der Waals surface area contributed by atoms with Crippen LogP contribution in [0.2, 0.25) is 0 Å². The standard InChI is InChI=1S/C10H15N5O2S/c1-14-10(9(7-11)8-12-14)13-18(16,17)15-5-3-2-4-6-15/h8,13H,2-6H2,1H3. The van der Waals surface area contributed by atoms with Crippen LogP contribution in [-0.4, -0.2) is 35.6 Å². The highest BCUT2D eigenvalue weighted by Crippen LogP contribution is 2.18. The molecule has 1 aliphatic rings. The first-order chi connectivity index (χ1) is 8.54. The molecule has 0 spiro atoms. The smallest absolute Gasteiger partial charge is 0.254 e. The number of nitrogens with zero attached hydrogens (tertiary/aromatic N) is 4. The fourth-order valence-electron chi connectivity index (χ4n) is 1.93. The first-order valence-corrected chi connectivity index (χ1v) is 7.18. The summed E-state index contributed by atoms with van der Waals surface area (Å²) in [5, 5.41) is 12.8. The number of aromatic nitrogens is 2. The van der Waals surface area contributed by atoms with E-state index < -0.39 is 10.2 Å². The molecule has 7 nitrogen and oxygen atoms in total. The Hall–Kier alpha value is -1.59. The molecule has 0 radical (unpaired) electrons. The summed E-state index contributed by atoms with van der Waals surface area (Å²) in [6.45, 7) is 1.05. The Labute approximate surface area is 106 Å². The second-order valence-corrected chi connectivity index (χ2v) is 5.88. The van der Waals surface area contributed by atoms with Gasteiger partial charge in [0.2, 0.25) is 0 Å². The van der Waals surface area contributed by atoms with Crippen molar-refractivity contribution in [3.63, 3.8) is 0 Å². The van der Waals surface area contributed by atoms with E-state index >= 15 is 0 Å². The monoisotopic (exact) mass is 269 g/mol. The fraction of sp³-hybridized carbons (Fsp3) is 0.600. The lowest BCUT2D eigenvalue weighted by atomic mass is 10.2. The van der Waals surface area contributed by atoms with E-state index in [0.29, 0.717) is 13.1 Å². The highest BCUT2D eigenvalue weighted by atomic mass is 32.2. The molecule has 8 heteroatoms. The molecule has 0 saturated carbocycles. The second kappa shape index (κ2) is 4.96. The largest absolute Gasteiger partial charge is 0.302 e. The molecule has 1 N–H and O–H groups in total. The molecule has 98 valence electrons. The van der Waals surface area contributed by atoms with Crippen molar-refractivity contribution in [3.05, 3.63) is 11.8 Å². The first-order valence-electron chi connectivity index (χ1n) is 5.74. The van der Waals surface area contributed by atoms with Crippen LogP contribution >= 0.6 is 0 Å². The lowest BCUT2D eigenvalue weighted by Gasteiger charge is -2.26. The summed E-state index contributed by atoms with van der Waals surface area (Å²) >= 11 is 0. The van der Waals surface area contributed by atoms with Gasteiger partial charge in [-0.3, -0.25) is 9.40 Å². The van der Waals surface area contributed by atoms with E-state index in [-0.39, 0.29) is 11.4 Å². The van der Waals surface area contributed by atoms with Crippen molar-refractivity contribution in [3.8, 4) is 6.07 Å². The predicted molar refractivity (Wildman–Crippen MR) is 65.9 cm³/mol. The van der Waals surface area contributed by atoms with Crippen LogP contribution in [0.4, 0.5) is 5.82 Å². The number of rotatable bonds is 3. The van der Waals surface area contributed by atoms with Gasteiger partial charge < -0.3 is 0 Å². The lowest BCUT2D eigenvalue weighted by Crippen LogP contribution is -2.39. The molecule has 0 aliphatic carbocycles. The van der Waals surface area contributed by atoms with Gasteiger partial charge in [0.05, 0.1) is 6.20 Å². The van der Waals surface area contributed by atoms with E-state index in [2.05, 4.69) is 9.82 Å². The number of piperidine rings is 1. The average Bonchev–Trinajstić information content (AvgIpc) is 2.71. The van der Waals surface area contributed by atoms with Crippen LogP contribution in [0.25, 0.3) is 0 Å². The minimum atomic E-state index is -3.59. The molecule has 2 heterocycles. The van der Waals surface area contributed by atoms with Gasteiger partial charge in [0.1, 0.15) is 11.6 Å². The summed E-state index contributed by atoms with van der Waals surface area (Å²) in [5.41, 5.74) is 0.220. The molecule has 0 bridgehead atoms. The number of hydrogen-bond acceptors (Lipinski definition) is 4. The molecule has 18 heavy (non-hydrogen) atoms. The molecule has 2 rings (SSSR count).